The first-order valence-electron chi connectivity index (χ1n) is 10.3. The van der Waals surface area contributed by atoms with Crippen molar-refractivity contribution >= 4 is 58.3 Å². The van der Waals surface area contributed by atoms with E-state index in [1.54, 1.807) is 30.3 Å². The van der Waals surface area contributed by atoms with Gasteiger partial charge in [0, 0.05) is 21.5 Å². The average molecular weight is 533 g/mol. The minimum Gasteiger partial charge on any atom is -0.331 e. The number of carbonyl (C=O) groups excluding carboxylic acids is 1. The number of hydrogen-bond donors (Lipinski definition) is 2. The number of benzene rings is 3. The van der Waals surface area contributed by atoms with Crippen molar-refractivity contribution in [2.75, 3.05) is 5.32 Å². The van der Waals surface area contributed by atoms with Crippen LogP contribution in [-0.4, -0.2) is 20.8 Å². The van der Waals surface area contributed by atoms with E-state index in [9.17, 15) is 4.79 Å². The second-order valence-electron chi connectivity index (χ2n) is 7.38. The normalized spacial score (nSPS) is 10.8. The molecule has 0 spiro atoms. The first kappa shape index (κ1) is 24.4. The first-order valence-corrected chi connectivity index (χ1v) is 12.4. The summed E-state index contributed by atoms with van der Waals surface area (Å²) in [6, 6.07) is 20.1. The highest BCUT2D eigenvalue weighted by molar-refractivity contribution is 7.98. The Morgan fingerprint density at radius 2 is 1.76 bits per heavy atom. The predicted molar refractivity (Wildman–Crippen MR) is 139 cm³/mol. The number of carbonyl (C=O) groups is 1. The molecule has 0 aliphatic carbocycles. The molecule has 0 aliphatic rings. The Morgan fingerprint density at radius 3 is 2.53 bits per heavy atom. The van der Waals surface area contributed by atoms with Crippen LogP contribution in [0.25, 0.3) is 5.69 Å². The predicted octanol–water partition coefficient (Wildman–Crippen LogP) is 7.15. The third kappa shape index (κ3) is 6.04. The zero-order valence-corrected chi connectivity index (χ0v) is 21.1. The molecule has 34 heavy (non-hydrogen) atoms. The van der Waals surface area contributed by atoms with Gasteiger partial charge in [-0.15, -0.1) is 10.2 Å². The molecule has 2 amide bonds. The molecule has 0 saturated carbocycles. The molecule has 0 saturated heterocycles. The van der Waals surface area contributed by atoms with E-state index in [-0.39, 0.29) is 6.54 Å². The van der Waals surface area contributed by atoms with Gasteiger partial charge in [0.05, 0.1) is 17.3 Å². The second-order valence-corrected chi connectivity index (χ2v) is 9.57. The number of nitrogens with zero attached hydrogens (tertiary/aromatic N) is 3. The lowest BCUT2D eigenvalue weighted by molar-refractivity contribution is 0.251. The zero-order valence-electron chi connectivity index (χ0n) is 18.1. The van der Waals surface area contributed by atoms with E-state index in [0.29, 0.717) is 43.2 Å². The van der Waals surface area contributed by atoms with Crippen LogP contribution in [0.15, 0.2) is 71.9 Å². The van der Waals surface area contributed by atoms with E-state index in [2.05, 4.69) is 20.8 Å². The zero-order chi connectivity index (χ0) is 24.1. The van der Waals surface area contributed by atoms with Crippen molar-refractivity contribution in [3.05, 3.63) is 98.7 Å². The number of anilines is 1. The Kier molecular flexibility index (Phi) is 8.00. The molecule has 4 rings (SSSR count). The van der Waals surface area contributed by atoms with Gasteiger partial charge >= 0.3 is 6.03 Å². The summed E-state index contributed by atoms with van der Waals surface area (Å²) >= 11 is 20.4. The summed E-state index contributed by atoms with van der Waals surface area (Å²) in [6.07, 6.45) is 0. The van der Waals surface area contributed by atoms with E-state index >= 15 is 0 Å². The molecule has 1 heterocycles. The maximum atomic E-state index is 12.5. The van der Waals surface area contributed by atoms with Crippen molar-refractivity contribution in [3.8, 4) is 5.69 Å². The number of aryl methyl sites for hydroxylation is 1. The highest BCUT2D eigenvalue weighted by Crippen LogP contribution is 2.31. The summed E-state index contributed by atoms with van der Waals surface area (Å²) in [4.78, 5) is 12.5. The fraction of sp³-hybridized carbons (Fsp3) is 0.125. The van der Waals surface area contributed by atoms with E-state index in [1.165, 1.54) is 11.8 Å². The number of nitrogens with one attached hydrogen (secondary N) is 2. The fourth-order valence-electron chi connectivity index (χ4n) is 3.13. The molecule has 0 radical (unpaired) electrons. The fourth-order valence-corrected chi connectivity index (χ4v) is 4.60. The maximum absolute atomic E-state index is 12.5. The molecular formula is C24H20Cl3N5OS. The number of rotatable bonds is 7. The van der Waals surface area contributed by atoms with Crippen LogP contribution < -0.4 is 10.6 Å². The van der Waals surface area contributed by atoms with E-state index in [0.717, 1.165) is 11.1 Å². The molecule has 0 unspecified atom stereocenters. The van der Waals surface area contributed by atoms with Crippen molar-refractivity contribution in [3.63, 3.8) is 0 Å². The Morgan fingerprint density at radius 1 is 0.971 bits per heavy atom. The largest absolute Gasteiger partial charge is 0.331 e. The molecule has 0 atom stereocenters. The Hall–Kier alpha value is -2.71. The first-order chi connectivity index (χ1) is 16.4. The lowest BCUT2D eigenvalue weighted by Crippen LogP contribution is -2.29. The Bertz CT molecular complexity index is 1310. The summed E-state index contributed by atoms with van der Waals surface area (Å²) in [5.41, 5.74) is 3.30. The molecule has 10 heteroatoms. The monoisotopic (exact) mass is 531 g/mol. The smallest absolute Gasteiger partial charge is 0.319 e. The highest BCUT2D eigenvalue weighted by atomic mass is 35.5. The standard InChI is InChI=1S/C24H20Cl3N5OS/c1-15-7-9-18(12-20(15)27)29-23(33)28-13-22-30-31-24(34-14-16-5-3-2-4-6-16)32(22)21-11-17(25)8-10-19(21)26/h2-12H,13-14H2,1H3,(H2,28,29,33). The molecule has 4 aromatic rings. The summed E-state index contributed by atoms with van der Waals surface area (Å²) in [7, 11) is 0. The molecule has 174 valence electrons. The van der Waals surface area contributed by atoms with Gasteiger partial charge in [-0.05, 0) is 48.4 Å². The van der Waals surface area contributed by atoms with Gasteiger partial charge in [-0.2, -0.15) is 0 Å². The average Bonchev–Trinajstić information content (AvgIpc) is 3.23. The Balaban J connectivity index is 1.55. The second kappa shape index (κ2) is 11.1. The number of amides is 2. The molecule has 3 aromatic carbocycles. The topological polar surface area (TPSA) is 71.8 Å². The van der Waals surface area contributed by atoms with Crippen LogP contribution in [0.4, 0.5) is 10.5 Å². The quantitative estimate of drug-likeness (QED) is 0.248. The van der Waals surface area contributed by atoms with Crippen LogP contribution in [0.5, 0.6) is 0 Å². The lowest BCUT2D eigenvalue weighted by Gasteiger charge is -2.13. The lowest BCUT2D eigenvalue weighted by atomic mass is 10.2. The van der Waals surface area contributed by atoms with Gasteiger partial charge < -0.3 is 10.6 Å². The van der Waals surface area contributed by atoms with E-state index in [4.69, 9.17) is 34.8 Å². The maximum Gasteiger partial charge on any atom is 0.319 e. The van der Waals surface area contributed by atoms with Gasteiger partial charge in [0.25, 0.3) is 0 Å². The van der Waals surface area contributed by atoms with Crippen molar-refractivity contribution in [1.82, 2.24) is 20.1 Å². The molecule has 0 fully saturated rings. The van der Waals surface area contributed by atoms with Crippen LogP contribution in [0.1, 0.15) is 17.0 Å². The number of halogens is 3. The molecule has 2 N–H and O–H groups in total. The molecule has 0 aliphatic heterocycles. The number of hydrogen-bond acceptors (Lipinski definition) is 4. The third-order valence-electron chi connectivity index (χ3n) is 4.90. The van der Waals surface area contributed by atoms with Crippen LogP contribution in [0.2, 0.25) is 15.1 Å². The van der Waals surface area contributed by atoms with E-state index < -0.39 is 6.03 Å². The van der Waals surface area contributed by atoms with Crippen molar-refractivity contribution in [2.45, 2.75) is 24.4 Å². The van der Waals surface area contributed by atoms with Gasteiger partial charge in [0.1, 0.15) is 0 Å². The number of urea groups is 1. The SMILES string of the molecule is Cc1ccc(NC(=O)NCc2nnc(SCc3ccccc3)n2-c2cc(Cl)ccc2Cl)cc1Cl. The number of thioether (sulfide) groups is 1. The molecule has 0 bridgehead atoms. The van der Waals surface area contributed by atoms with Crippen molar-refractivity contribution in [1.29, 1.82) is 0 Å². The van der Waals surface area contributed by atoms with Gasteiger partial charge in [-0.3, -0.25) is 4.57 Å². The van der Waals surface area contributed by atoms with Gasteiger partial charge in [-0.25, -0.2) is 4.79 Å². The van der Waals surface area contributed by atoms with Gasteiger partial charge in [0.15, 0.2) is 11.0 Å². The summed E-state index contributed by atoms with van der Waals surface area (Å²) in [5, 5.41) is 16.5. The van der Waals surface area contributed by atoms with E-state index in [1.807, 2.05) is 47.9 Å². The summed E-state index contributed by atoms with van der Waals surface area (Å²) in [6.45, 7) is 2.01. The molecular weight excluding hydrogens is 513 g/mol. The molecule has 6 nitrogen and oxygen atoms in total. The highest BCUT2D eigenvalue weighted by Gasteiger charge is 2.18. The Labute approximate surface area is 216 Å². The van der Waals surface area contributed by atoms with Crippen LogP contribution in [0.3, 0.4) is 0 Å². The summed E-state index contributed by atoms with van der Waals surface area (Å²) < 4.78 is 1.81. The van der Waals surface area contributed by atoms with Crippen LogP contribution in [0, 0.1) is 6.92 Å². The minimum atomic E-state index is -0.398. The van der Waals surface area contributed by atoms with Gasteiger partial charge in [-0.1, -0.05) is 83.0 Å². The third-order valence-corrected chi connectivity index (χ3v) is 6.86. The summed E-state index contributed by atoms with van der Waals surface area (Å²) in [5.74, 6) is 1.20. The van der Waals surface area contributed by atoms with Gasteiger partial charge in [0.2, 0.25) is 0 Å². The van der Waals surface area contributed by atoms with Crippen molar-refractivity contribution < 1.29 is 4.79 Å². The molecule has 1 aromatic heterocycles. The number of aromatic nitrogens is 3. The van der Waals surface area contributed by atoms with Crippen LogP contribution >= 0.6 is 46.6 Å². The van der Waals surface area contributed by atoms with Crippen LogP contribution in [-0.2, 0) is 12.3 Å². The minimum absolute atomic E-state index is 0.118. The van der Waals surface area contributed by atoms with Crippen molar-refractivity contribution in [2.24, 2.45) is 0 Å².